The van der Waals surface area contributed by atoms with Crippen molar-refractivity contribution < 1.29 is 12.9 Å². The molecule has 3 rings (SSSR count). The molecule has 0 aliphatic carbocycles. The maximum atomic E-state index is 12.4. The maximum Gasteiger partial charge on any atom is 0.330 e. The van der Waals surface area contributed by atoms with E-state index < -0.39 is 21.3 Å². The fourth-order valence-corrected chi connectivity index (χ4v) is 3.36. The summed E-state index contributed by atoms with van der Waals surface area (Å²) in [7, 11) is -1.11. The minimum atomic E-state index is -3.95. The van der Waals surface area contributed by atoms with E-state index >= 15 is 0 Å². The summed E-state index contributed by atoms with van der Waals surface area (Å²) < 4.78 is 34.2. The van der Waals surface area contributed by atoms with Gasteiger partial charge < -0.3 is 4.52 Å². The zero-order valence-electron chi connectivity index (χ0n) is 13.1. The normalized spacial score (nSPS) is 11.8. The van der Waals surface area contributed by atoms with Crippen LogP contribution in [0.2, 0.25) is 0 Å². The highest BCUT2D eigenvalue weighted by Crippen LogP contribution is 2.19. The van der Waals surface area contributed by atoms with Gasteiger partial charge in [0.25, 0.3) is 15.6 Å². The van der Waals surface area contributed by atoms with E-state index in [1.54, 1.807) is 6.92 Å². The average Bonchev–Trinajstić information content (AvgIpc) is 2.94. The molecule has 0 saturated carbocycles. The van der Waals surface area contributed by atoms with Gasteiger partial charge in [0.1, 0.15) is 5.76 Å². The van der Waals surface area contributed by atoms with Gasteiger partial charge in [-0.05, 0) is 25.1 Å². The molecule has 0 unspecified atom stereocenters. The summed E-state index contributed by atoms with van der Waals surface area (Å²) in [5, 5.41) is 3.69. The lowest BCUT2D eigenvalue weighted by Gasteiger charge is -2.09. The number of anilines is 1. The Morgan fingerprint density at radius 1 is 1.12 bits per heavy atom. The molecule has 0 saturated heterocycles. The number of sulfonamides is 1. The quantitative estimate of drug-likeness (QED) is 0.728. The van der Waals surface area contributed by atoms with E-state index in [4.69, 9.17) is 4.52 Å². The van der Waals surface area contributed by atoms with Crippen molar-refractivity contribution >= 4 is 26.7 Å². The summed E-state index contributed by atoms with van der Waals surface area (Å²) in [6.45, 7) is 1.63. The van der Waals surface area contributed by atoms with Gasteiger partial charge in [-0.1, -0.05) is 5.16 Å². The fourth-order valence-electron chi connectivity index (χ4n) is 2.35. The smallest absolute Gasteiger partial charge is 0.330 e. The molecule has 2 heterocycles. The third kappa shape index (κ3) is 2.50. The molecular formula is C14H14N4O5S. The number of aryl methyl sites for hydroxylation is 2. The molecule has 1 aromatic carbocycles. The molecule has 0 aliphatic heterocycles. The lowest BCUT2D eigenvalue weighted by molar-refractivity contribution is 0.400. The molecule has 126 valence electrons. The van der Waals surface area contributed by atoms with Gasteiger partial charge in [0, 0.05) is 20.2 Å². The molecule has 0 aliphatic rings. The van der Waals surface area contributed by atoms with E-state index in [0.717, 1.165) is 4.57 Å². The largest absolute Gasteiger partial charge is 0.360 e. The monoisotopic (exact) mass is 350 g/mol. The van der Waals surface area contributed by atoms with Crippen LogP contribution in [0, 0.1) is 6.92 Å². The van der Waals surface area contributed by atoms with Crippen molar-refractivity contribution in [2.45, 2.75) is 11.8 Å². The molecule has 3 aromatic rings. The van der Waals surface area contributed by atoms with Crippen LogP contribution < -0.4 is 16.0 Å². The first-order chi connectivity index (χ1) is 11.2. The first kappa shape index (κ1) is 16.0. The first-order valence-electron chi connectivity index (χ1n) is 6.86. The Morgan fingerprint density at radius 3 is 2.46 bits per heavy atom. The topological polar surface area (TPSA) is 116 Å². The molecule has 2 aromatic heterocycles. The Balaban J connectivity index is 2.17. The number of nitrogens with zero attached hydrogens (tertiary/aromatic N) is 3. The van der Waals surface area contributed by atoms with Crippen LogP contribution in [0.5, 0.6) is 0 Å². The van der Waals surface area contributed by atoms with Gasteiger partial charge in [0.2, 0.25) is 0 Å². The Labute approximate surface area is 136 Å². The molecule has 0 amide bonds. The molecule has 0 radical (unpaired) electrons. The van der Waals surface area contributed by atoms with Gasteiger partial charge >= 0.3 is 5.69 Å². The predicted molar refractivity (Wildman–Crippen MR) is 86.5 cm³/mol. The van der Waals surface area contributed by atoms with E-state index in [9.17, 15) is 18.0 Å². The summed E-state index contributed by atoms with van der Waals surface area (Å²) in [6, 6.07) is 5.39. The highest BCUT2D eigenvalue weighted by molar-refractivity contribution is 7.92. The number of benzene rings is 1. The highest BCUT2D eigenvalue weighted by Gasteiger charge is 2.18. The summed E-state index contributed by atoms with van der Waals surface area (Å²) in [6.07, 6.45) is 0. The second-order valence-corrected chi connectivity index (χ2v) is 7.00. The maximum absolute atomic E-state index is 12.4. The third-order valence-corrected chi connectivity index (χ3v) is 4.97. The van der Waals surface area contributed by atoms with E-state index in [0.29, 0.717) is 11.3 Å². The number of nitrogens with one attached hydrogen (secondary N) is 1. The summed E-state index contributed by atoms with van der Waals surface area (Å²) in [5.74, 6) is 0.496. The molecule has 1 N–H and O–H groups in total. The van der Waals surface area contributed by atoms with Crippen LogP contribution in [0.3, 0.4) is 0 Å². The lowest BCUT2D eigenvalue weighted by atomic mass is 10.2. The van der Waals surface area contributed by atoms with Gasteiger partial charge in [0.15, 0.2) is 5.82 Å². The standard InChI is InChI=1S/C14H14N4O5S/c1-8-6-12(15-23-8)16-24(21,22)9-4-5-11-10(7-9)13(19)18(3)14(20)17(11)2/h4-7H,1-3H3,(H,15,16). The van der Waals surface area contributed by atoms with E-state index in [1.807, 2.05) is 0 Å². The average molecular weight is 350 g/mol. The number of aromatic nitrogens is 3. The van der Waals surface area contributed by atoms with Crippen LogP contribution in [0.4, 0.5) is 5.82 Å². The Kier molecular flexibility index (Phi) is 3.56. The Hall–Kier alpha value is -2.88. The van der Waals surface area contributed by atoms with Gasteiger partial charge in [-0.2, -0.15) is 0 Å². The van der Waals surface area contributed by atoms with Crippen molar-refractivity contribution in [2.75, 3.05) is 4.72 Å². The fraction of sp³-hybridized carbons (Fsp3) is 0.214. The van der Waals surface area contributed by atoms with Crippen molar-refractivity contribution in [3.63, 3.8) is 0 Å². The molecule has 0 spiro atoms. The second-order valence-electron chi connectivity index (χ2n) is 5.31. The number of rotatable bonds is 3. The van der Waals surface area contributed by atoms with E-state index in [1.165, 1.54) is 42.9 Å². The predicted octanol–water partition coefficient (Wildman–Crippen LogP) is 0.334. The van der Waals surface area contributed by atoms with Crippen LogP contribution in [0.1, 0.15) is 5.76 Å². The summed E-state index contributed by atoms with van der Waals surface area (Å²) >= 11 is 0. The van der Waals surface area contributed by atoms with Gasteiger partial charge in [-0.15, -0.1) is 0 Å². The van der Waals surface area contributed by atoms with Crippen LogP contribution in [0.25, 0.3) is 10.9 Å². The molecule has 9 nitrogen and oxygen atoms in total. The van der Waals surface area contributed by atoms with E-state index in [2.05, 4.69) is 9.88 Å². The number of fused-ring (bicyclic) bond motifs is 1. The molecule has 0 atom stereocenters. The third-order valence-electron chi connectivity index (χ3n) is 3.62. The van der Waals surface area contributed by atoms with Crippen LogP contribution in [-0.4, -0.2) is 22.7 Å². The second kappa shape index (κ2) is 5.34. The van der Waals surface area contributed by atoms with Gasteiger partial charge in [-0.3, -0.25) is 18.7 Å². The highest BCUT2D eigenvalue weighted by atomic mass is 32.2. The summed E-state index contributed by atoms with van der Waals surface area (Å²) in [5.41, 5.74) is -0.707. The molecule has 10 heteroatoms. The SMILES string of the molecule is Cc1cc(NS(=O)(=O)c2ccc3c(c2)c(=O)n(C)c(=O)n3C)no1. The Bertz CT molecular complexity index is 1170. The zero-order valence-corrected chi connectivity index (χ0v) is 13.9. The first-order valence-corrected chi connectivity index (χ1v) is 8.35. The van der Waals surface area contributed by atoms with Crippen molar-refractivity contribution in [1.29, 1.82) is 0 Å². The molecule has 0 bridgehead atoms. The molecule has 24 heavy (non-hydrogen) atoms. The molecule has 0 fully saturated rings. The van der Waals surface area contributed by atoms with E-state index in [-0.39, 0.29) is 16.1 Å². The van der Waals surface area contributed by atoms with Crippen molar-refractivity contribution in [2.24, 2.45) is 14.1 Å². The Morgan fingerprint density at radius 2 is 1.83 bits per heavy atom. The number of hydrogen-bond donors (Lipinski definition) is 1. The minimum absolute atomic E-state index is 0.0426. The minimum Gasteiger partial charge on any atom is -0.360 e. The van der Waals surface area contributed by atoms with Gasteiger partial charge in [0.05, 0.1) is 15.8 Å². The van der Waals surface area contributed by atoms with Crippen LogP contribution >= 0.6 is 0 Å². The number of hydrogen-bond acceptors (Lipinski definition) is 6. The van der Waals surface area contributed by atoms with Gasteiger partial charge in [-0.25, -0.2) is 13.2 Å². The zero-order chi connectivity index (χ0) is 17.6. The van der Waals surface area contributed by atoms with Crippen LogP contribution in [-0.2, 0) is 24.1 Å². The lowest BCUT2D eigenvalue weighted by Crippen LogP contribution is -2.37. The van der Waals surface area contributed by atoms with Crippen molar-refractivity contribution in [3.8, 4) is 0 Å². The molecular weight excluding hydrogens is 336 g/mol. The summed E-state index contributed by atoms with van der Waals surface area (Å²) in [4.78, 5) is 24.0. The van der Waals surface area contributed by atoms with Crippen molar-refractivity contribution in [3.05, 3.63) is 50.9 Å². The van der Waals surface area contributed by atoms with Crippen molar-refractivity contribution in [1.82, 2.24) is 14.3 Å². The van der Waals surface area contributed by atoms with Crippen LogP contribution in [0.15, 0.2) is 43.3 Å².